The van der Waals surface area contributed by atoms with E-state index in [0.29, 0.717) is 6.61 Å². The molecular weight excluding hydrogens is 300 g/mol. The van der Waals surface area contributed by atoms with Crippen LogP contribution in [0.4, 0.5) is 0 Å². The predicted molar refractivity (Wildman–Crippen MR) is 93.7 cm³/mol. The van der Waals surface area contributed by atoms with E-state index in [1.807, 2.05) is 6.07 Å². The molecule has 126 valence electrons. The van der Waals surface area contributed by atoms with Crippen LogP contribution in [0.15, 0.2) is 18.2 Å². The number of nitrogens with zero attached hydrogens (tertiary/aromatic N) is 2. The molecule has 0 radical (unpaired) electrons. The van der Waals surface area contributed by atoms with Gasteiger partial charge in [0.05, 0.1) is 7.11 Å². The highest BCUT2D eigenvalue weighted by Crippen LogP contribution is 2.28. The van der Waals surface area contributed by atoms with Crippen LogP contribution in [0.2, 0.25) is 0 Å². The topological polar surface area (TPSA) is 24.9 Å². The maximum Gasteiger partial charge on any atom is 0.161 e. The van der Waals surface area contributed by atoms with Crippen molar-refractivity contribution in [2.75, 3.05) is 53.5 Å². The van der Waals surface area contributed by atoms with Crippen molar-refractivity contribution in [3.8, 4) is 11.5 Å². The van der Waals surface area contributed by atoms with Gasteiger partial charge in [0, 0.05) is 32.7 Å². The van der Waals surface area contributed by atoms with Crippen LogP contribution in [0, 0.1) is 0 Å². The third kappa shape index (κ3) is 5.67. The summed E-state index contributed by atoms with van der Waals surface area (Å²) in [6, 6.07) is 6.26. The van der Waals surface area contributed by atoms with E-state index in [2.05, 4.69) is 35.9 Å². The molecule has 1 saturated heterocycles. The first kappa shape index (κ1) is 19.1. The van der Waals surface area contributed by atoms with Crippen molar-refractivity contribution in [3.05, 3.63) is 23.8 Å². The summed E-state index contributed by atoms with van der Waals surface area (Å²) in [4.78, 5) is 4.82. The predicted octanol–water partition coefficient (Wildman–Crippen LogP) is 2.70. The molecule has 1 aromatic rings. The second-order valence-corrected chi connectivity index (χ2v) is 5.73. The van der Waals surface area contributed by atoms with Gasteiger partial charge < -0.3 is 14.4 Å². The first-order chi connectivity index (χ1) is 10.2. The lowest BCUT2D eigenvalue weighted by atomic mass is 10.1. The lowest BCUT2D eigenvalue weighted by molar-refractivity contribution is 0.133. The Morgan fingerprint density at radius 2 is 1.82 bits per heavy atom. The molecular formula is C17H29ClN2O2. The van der Waals surface area contributed by atoms with Crippen molar-refractivity contribution in [2.24, 2.45) is 0 Å². The number of rotatable bonds is 7. The minimum atomic E-state index is 0. The minimum Gasteiger partial charge on any atom is -0.493 e. The molecule has 0 bridgehead atoms. The van der Waals surface area contributed by atoms with Crippen LogP contribution >= 0.6 is 12.4 Å². The summed E-state index contributed by atoms with van der Waals surface area (Å²) in [5.41, 5.74) is 1.31. The van der Waals surface area contributed by atoms with Gasteiger partial charge in [-0.1, -0.05) is 19.4 Å². The minimum absolute atomic E-state index is 0. The summed E-state index contributed by atoms with van der Waals surface area (Å²) in [7, 11) is 3.88. The van der Waals surface area contributed by atoms with Gasteiger partial charge in [-0.15, -0.1) is 12.4 Å². The number of ether oxygens (including phenoxy) is 2. The number of hydrogen-bond acceptors (Lipinski definition) is 4. The van der Waals surface area contributed by atoms with Crippen molar-refractivity contribution in [1.29, 1.82) is 0 Å². The molecule has 22 heavy (non-hydrogen) atoms. The largest absolute Gasteiger partial charge is 0.493 e. The van der Waals surface area contributed by atoms with Crippen LogP contribution in [0.1, 0.15) is 18.9 Å². The fraction of sp³-hybridized carbons (Fsp3) is 0.647. The maximum absolute atomic E-state index is 5.91. The van der Waals surface area contributed by atoms with Crippen molar-refractivity contribution < 1.29 is 9.47 Å². The van der Waals surface area contributed by atoms with Gasteiger partial charge in [-0.2, -0.15) is 0 Å². The number of methoxy groups -OCH3 is 1. The number of aryl methyl sites for hydroxylation is 1. The van der Waals surface area contributed by atoms with Gasteiger partial charge in [-0.25, -0.2) is 0 Å². The summed E-state index contributed by atoms with van der Waals surface area (Å²) in [6.45, 7) is 8.44. The molecule has 1 aromatic carbocycles. The fourth-order valence-corrected chi connectivity index (χ4v) is 2.63. The molecule has 1 heterocycles. The lowest BCUT2D eigenvalue weighted by Gasteiger charge is -2.32. The van der Waals surface area contributed by atoms with Gasteiger partial charge in [0.2, 0.25) is 0 Å². The molecule has 0 aromatic heterocycles. The average Bonchev–Trinajstić information content (AvgIpc) is 2.50. The highest BCUT2D eigenvalue weighted by atomic mass is 35.5. The van der Waals surface area contributed by atoms with Gasteiger partial charge in [0.1, 0.15) is 6.61 Å². The maximum atomic E-state index is 5.91. The zero-order valence-corrected chi connectivity index (χ0v) is 14.8. The summed E-state index contributed by atoms with van der Waals surface area (Å²) in [6.07, 6.45) is 2.23. The number of halogens is 1. The molecule has 0 spiro atoms. The van der Waals surface area contributed by atoms with Gasteiger partial charge in [0.15, 0.2) is 11.5 Å². The number of benzene rings is 1. The fourth-order valence-electron chi connectivity index (χ4n) is 2.63. The quantitative estimate of drug-likeness (QED) is 0.768. The number of likely N-dealkylation sites (N-methyl/N-ethyl adjacent to an activating group) is 1. The Morgan fingerprint density at radius 3 is 2.45 bits per heavy atom. The Bertz CT molecular complexity index is 435. The zero-order valence-electron chi connectivity index (χ0n) is 14.0. The SMILES string of the molecule is CCCc1ccc(OCCN2CCN(C)CC2)c(OC)c1.Cl. The van der Waals surface area contributed by atoms with Gasteiger partial charge in [-0.3, -0.25) is 4.90 Å². The van der Waals surface area contributed by atoms with Crippen molar-refractivity contribution in [1.82, 2.24) is 9.80 Å². The molecule has 1 fully saturated rings. The molecule has 0 saturated carbocycles. The van der Waals surface area contributed by atoms with Gasteiger partial charge in [0.25, 0.3) is 0 Å². The van der Waals surface area contributed by atoms with Gasteiger partial charge in [-0.05, 0) is 31.2 Å². The molecule has 1 aliphatic rings. The Kier molecular flexibility index (Phi) is 8.61. The first-order valence-corrected chi connectivity index (χ1v) is 7.93. The summed E-state index contributed by atoms with van der Waals surface area (Å²) < 4.78 is 11.4. The monoisotopic (exact) mass is 328 g/mol. The molecule has 2 rings (SSSR count). The van der Waals surface area contributed by atoms with Crippen LogP contribution < -0.4 is 9.47 Å². The van der Waals surface area contributed by atoms with Crippen LogP contribution in [-0.2, 0) is 6.42 Å². The Balaban J connectivity index is 0.00000242. The third-order valence-corrected chi connectivity index (χ3v) is 4.03. The number of piperazine rings is 1. The van der Waals surface area contributed by atoms with Crippen LogP contribution in [-0.4, -0.2) is 63.3 Å². The van der Waals surface area contributed by atoms with E-state index in [-0.39, 0.29) is 12.4 Å². The van der Waals surface area contributed by atoms with E-state index in [4.69, 9.17) is 9.47 Å². The summed E-state index contributed by atoms with van der Waals surface area (Å²) in [5.74, 6) is 1.70. The molecule has 0 aliphatic carbocycles. The zero-order chi connectivity index (χ0) is 15.1. The Morgan fingerprint density at radius 1 is 1.09 bits per heavy atom. The van der Waals surface area contributed by atoms with E-state index in [1.165, 1.54) is 5.56 Å². The van der Waals surface area contributed by atoms with E-state index < -0.39 is 0 Å². The van der Waals surface area contributed by atoms with E-state index in [9.17, 15) is 0 Å². The Hall–Kier alpha value is -0.970. The molecule has 5 heteroatoms. The highest BCUT2D eigenvalue weighted by molar-refractivity contribution is 5.85. The van der Waals surface area contributed by atoms with E-state index in [1.54, 1.807) is 7.11 Å². The third-order valence-electron chi connectivity index (χ3n) is 4.03. The van der Waals surface area contributed by atoms with Crippen molar-refractivity contribution >= 4 is 12.4 Å². The van der Waals surface area contributed by atoms with Gasteiger partial charge >= 0.3 is 0 Å². The van der Waals surface area contributed by atoms with E-state index >= 15 is 0 Å². The molecule has 0 amide bonds. The van der Waals surface area contributed by atoms with Crippen LogP contribution in [0.3, 0.4) is 0 Å². The molecule has 1 aliphatic heterocycles. The molecule has 0 unspecified atom stereocenters. The molecule has 4 nitrogen and oxygen atoms in total. The second-order valence-electron chi connectivity index (χ2n) is 5.73. The second kappa shape index (κ2) is 9.93. The van der Waals surface area contributed by atoms with Crippen LogP contribution in [0.25, 0.3) is 0 Å². The summed E-state index contributed by atoms with van der Waals surface area (Å²) >= 11 is 0. The normalized spacial score (nSPS) is 16.1. The first-order valence-electron chi connectivity index (χ1n) is 7.93. The standard InChI is InChI=1S/C17H28N2O2.ClH/c1-4-5-15-6-7-16(17(14-15)20-3)21-13-12-19-10-8-18(2)9-11-19;/h6-7,14H,4-5,8-13H2,1-3H3;1H. The molecule has 0 atom stereocenters. The van der Waals surface area contributed by atoms with Crippen molar-refractivity contribution in [2.45, 2.75) is 19.8 Å². The van der Waals surface area contributed by atoms with Crippen LogP contribution in [0.5, 0.6) is 11.5 Å². The molecule has 0 N–H and O–H groups in total. The lowest BCUT2D eigenvalue weighted by Crippen LogP contribution is -2.45. The Labute approximate surface area is 140 Å². The highest BCUT2D eigenvalue weighted by Gasteiger charge is 2.13. The average molecular weight is 329 g/mol. The number of hydrogen-bond donors (Lipinski definition) is 0. The smallest absolute Gasteiger partial charge is 0.161 e. The van der Waals surface area contributed by atoms with Crippen molar-refractivity contribution in [3.63, 3.8) is 0 Å². The summed E-state index contributed by atoms with van der Waals surface area (Å²) in [5, 5.41) is 0. The van der Waals surface area contributed by atoms with E-state index in [0.717, 1.165) is 57.1 Å².